The predicted molar refractivity (Wildman–Crippen MR) is 80.0 cm³/mol. The number of likely N-dealkylation sites (tertiary alicyclic amines) is 1. The van der Waals surface area contributed by atoms with E-state index in [1.54, 1.807) is 43.1 Å². The third-order valence-electron chi connectivity index (χ3n) is 3.51. The average molecular weight is 299 g/mol. The molecule has 1 aliphatic heterocycles. The summed E-state index contributed by atoms with van der Waals surface area (Å²) in [7, 11) is 0. The molecule has 0 radical (unpaired) electrons. The van der Waals surface area contributed by atoms with Crippen LogP contribution in [0.25, 0.3) is 6.08 Å². The van der Waals surface area contributed by atoms with Gasteiger partial charge in [-0.15, -0.1) is 0 Å². The molecule has 0 aliphatic carbocycles. The van der Waals surface area contributed by atoms with Crippen molar-refractivity contribution in [3.05, 3.63) is 48.8 Å². The molecule has 0 N–H and O–H groups in total. The summed E-state index contributed by atoms with van der Waals surface area (Å²) in [5.41, 5.74) is 0. The number of ether oxygens (including phenoxy) is 1. The molecule has 6 nitrogen and oxygen atoms in total. The molecule has 1 aliphatic rings. The van der Waals surface area contributed by atoms with E-state index in [-0.39, 0.29) is 12.0 Å². The number of amides is 1. The molecule has 1 fully saturated rings. The minimum atomic E-state index is -0.00523. The van der Waals surface area contributed by atoms with Crippen molar-refractivity contribution in [2.75, 3.05) is 13.1 Å². The fourth-order valence-corrected chi connectivity index (χ4v) is 2.36. The third-order valence-corrected chi connectivity index (χ3v) is 3.51. The van der Waals surface area contributed by atoms with Gasteiger partial charge in [-0.3, -0.25) is 9.78 Å². The van der Waals surface area contributed by atoms with Gasteiger partial charge in [0.1, 0.15) is 11.9 Å². The zero-order chi connectivity index (χ0) is 15.2. The Hall–Kier alpha value is -2.63. The standard InChI is InChI=1S/C16H17N3O3/c20-16(4-3-13-2-1-11-21-13)19-9-5-14(6-10-19)22-15-12-17-7-8-18-15/h1-4,7-8,11-12,14H,5-6,9-10H2/b4-3+. The molecule has 6 heteroatoms. The van der Waals surface area contributed by atoms with Gasteiger partial charge in [-0.2, -0.15) is 0 Å². The number of hydrogen-bond acceptors (Lipinski definition) is 5. The van der Waals surface area contributed by atoms with Gasteiger partial charge in [0, 0.05) is 44.4 Å². The Morgan fingerprint density at radius 3 is 2.91 bits per heavy atom. The maximum absolute atomic E-state index is 12.1. The van der Waals surface area contributed by atoms with Crippen molar-refractivity contribution in [1.29, 1.82) is 0 Å². The summed E-state index contributed by atoms with van der Waals surface area (Å²) >= 11 is 0. The summed E-state index contributed by atoms with van der Waals surface area (Å²) in [5, 5.41) is 0. The molecule has 1 amide bonds. The van der Waals surface area contributed by atoms with Crippen LogP contribution < -0.4 is 4.74 Å². The van der Waals surface area contributed by atoms with Crippen LogP contribution in [0.3, 0.4) is 0 Å². The van der Waals surface area contributed by atoms with Gasteiger partial charge in [0.2, 0.25) is 11.8 Å². The van der Waals surface area contributed by atoms with E-state index in [0.29, 0.717) is 24.7 Å². The monoisotopic (exact) mass is 299 g/mol. The highest BCUT2D eigenvalue weighted by molar-refractivity contribution is 5.91. The zero-order valence-electron chi connectivity index (χ0n) is 12.1. The normalized spacial score (nSPS) is 16.1. The van der Waals surface area contributed by atoms with Crippen molar-refractivity contribution in [3.8, 4) is 5.88 Å². The Bertz CT molecular complexity index is 617. The number of aromatic nitrogens is 2. The van der Waals surface area contributed by atoms with Crippen molar-refractivity contribution in [1.82, 2.24) is 14.9 Å². The number of hydrogen-bond donors (Lipinski definition) is 0. The van der Waals surface area contributed by atoms with Gasteiger partial charge in [-0.05, 0) is 18.2 Å². The van der Waals surface area contributed by atoms with E-state index < -0.39 is 0 Å². The van der Waals surface area contributed by atoms with Crippen LogP contribution >= 0.6 is 0 Å². The molecular formula is C16H17N3O3. The number of nitrogens with zero attached hydrogens (tertiary/aromatic N) is 3. The van der Waals surface area contributed by atoms with Crippen molar-refractivity contribution in [2.45, 2.75) is 18.9 Å². The van der Waals surface area contributed by atoms with E-state index in [4.69, 9.17) is 9.15 Å². The molecule has 0 saturated carbocycles. The Morgan fingerprint density at radius 1 is 1.36 bits per heavy atom. The molecule has 0 unspecified atom stereocenters. The smallest absolute Gasteiger partial charge is 0.246 e. The van der Waals surface area contributed by atoms with Crippen LogP contribution in [0.1, 0.15) is 18.6 Å². The van der Waals surface area contributed by atoms with Crippen LogP contribution in [0.5, 0.6) is 5.88 Å². The van der Waals surface area contributed by atoms with E-state index in [1.807, 2.05) is 11.0 Å². The van der Waals surface area contributed by atoms with Gasteiger partial charge >= 0.3 is 0 Å². The molecule has 0 spiro atoms. The summed E-state index contributed by atoms with van der Waals surface area (Å²) in [6.07, 6.45) is 11.3. The molecule has 0 bridgehead atoms. The lowest BCUT2D eigenvalue weighted by Gasteiger charge is -2.31. The number of carbonyl (C=O) groups excluding carboxylic acids is 1. The first-order valence-corrected chi connectivity index (χ1v) is 7.24. The van der Waals surface area contributed by atoms with Gasteiger partial charge in [0.05, 0.1) is 12.5 Å². The minimum absolute atomic E-state index is 0.00523. The first kappa shape index (κ1) is 14.3. The lowest BCUT2D eigenvalue weighted by atomic mass is 10.1. The summed E-state index contributed by atoms with van der Waals surface area (Å²) in [6, 6.07) is 3.60. The van der Waals surface area contributed by atoms with Crippen LogP contribution in [-0.4, -0.2) is 40.0 Å². The summed E-state index contributed by atoms with van der Waals surface area (Å²) < 4.78 is 10.9. The predicted octanol–water partition coefficient (Wildman–Crippen LogP) is 2.15. The maximum atomic E-state index is 12.1. The van der Waals surface area contributed by atoms with E-state index in [0.717, 1.165) is 12.8 Å². The van der Waals surface area contributed by atoms with Crippen molar-refractivity contribution in [2.24, 2.45) is 0 Å². The number of rotatable bonds is 4. The highest BCUT2D eigenvalue weighted by Crippen LogP contribution is 2.16. The second-order valence-electron chi connectivity index (χ2n) is 5.03. The van der Waals surface area contributed by atoms with E-state index in [2.05, 4.69) is 9.97 Å². The van der Waals surface area contributed by atoms with Gasteiger partial charge in [0.15, 0.2) is 0 Å². The summed E-state index contributed by atoms with van der Waals surface area (Å²) in [5.74, 6) is 1.20. The first-order chi connectivity index (χ1) is 10.8. The van der Waals surface area contributed by atoms with E-state index in [1.165, 1.54) is 0 Å². The second kappa shape index (κ2) is 6.89. The van der Waals surface area contributed by atoms with Crippen molar-refractivity contribution in [3.63, 3.8) is 0 Å². The molecule has 3 heterocycles. The Kier molecular flexibility index (Phi) is 4.48. The average Bonchev–Trinajstić information content (AvgIpc) is 3.08. The highest BCUT2D eigenvalue weighted by atomic mass is 16.5. The van der Waals surface area contributed by atoms with Gasteiger partial charge in [0.25, 0.3) is 0 Å². The molecule has 0 atom stereocenters. The lowest BCUT2D eigenvalue weighted by molar-refractivity contribution is -0.127. The van der Waals surface area contributed by atoms with Gasteiger partial charge < -0.3 is 14.1 Å². The molecule has 2 aromatic heterocycles. The van der Waals surface area contributed by atoms with E-state index in [9.17, 15) is 4.79 Å². The zero-order valence-corrected chi connectivity index (χ0v) is 12.1. The van der Waals surface area contributed by atoms with Crippen LogP contribution in [0, 0.1) is 0 Å². The third kappa shape index (κ3) is 3.72. The summed E-state index contributed by atoms with van der Waals surface area (Å²) in [4.78, 5) is 22.0. The second-order valence-corrected chi connectivity index (χ2v) is 5.03. The molecule has 1 saturated heterocycles. The molecule has 3 rings (SSSR count). The van der Waals surface area contributed by atoms with E-state index >= 15 is 0 Å². The van der Waals surface area contributed by atoms with Crippen molar-refractivity contribution < 1.29 is 13.9 Å². The fourth-order valence-electron chi connectivity index (χ4n) is 2.36. The topological polar surface area (TPSA) is 68.5 Å². The lowest BCUT2D eigenvalue weighted by Crippen LogP contribution is -2.41. The van der Waals surface area contributed by atoms with Crippen LogP contribution in [-0.2, 0) is 4.79 Å². The van der Waals surface area contributed by atoms with Crippen LogP contribution in [0.2, 0.25) is 0 Å². The molecule has 0 aromatic carbocycles. The van der Waals surface area contributed by atoms with Gasteiger partial charge in [-0.1, -0.05) is 0 Å². The molecule has 114 valence electrons. The fraction of sp³-hybridized carbons (Fsp3) is 0.312. The Labute approximate surface area is 128 Å². The quantitative estimate of drug-likeness (QED) is 0.809. The number of furan rings is 1. The van der Waals surface area contributed by atoms with Crippen LogP contribution in [0.15, 0.2) is 47.5 Å². The first-order valence-electron chi connectivity index (χ1n) is 7.24. The summed E-state index contributed by atoms with van der Waals surface area (Å²) in [6.45, 7) is 1.35. The SMILES string of the molecule is O=C(/C=C/c1ccco1)N1CCC(Oc2cnccn2)CC1. The molecule has 22 heavy (non-hydrogen) atoms. The largest absolute Gasteiger partial charge is 0.473 e. The Morgan fingerprint density at radius 2 is 2.23 bits per heavy atom. The number of carbonyl (C=O) groups is 1. The maximum Gasteiger partial charge on any atom is 0.246 e. The van der Waals surface area contributed by atoms with Crippen molar-refractivity contribution >= 4 is 12.0 Å². The Balaban J connectivity index is 1.48. The highest BCUT2D eigenvalue weighted by Gasteiger charge is 2.23. The molecular weight excluding hydrogens is 282 g/mol. The minimum Gasteiger partial charge on any atom is -0.473 e. The van der Waals surface area contributed by atoms with Crippen LogP contribution in [0.4, 0.5) is 0 Å². The number of piperidine rings is 1. The van der Waals surface area contributed by atoms with Gasteiger partial charge in [-0.25, -0.2) is 4.98 Å². The molecule has 2 aromatic rings.